The van der Waals surface area contributed by atoms with Gasteiger partial charge in [-0.15, -0.1) is 0 Å². The van der Waals surface area contributed by atoms with Crippen LogP contribution in [-0.4, -0.2) is 71.9 Å². The second-order valence-electron chi connectivity index (χ2n) is 11.0. The minimum atomic E-state index is -0.614. The molecule has 4 heterocycles. The van der Waals surface area contributed by atoms with Crippen molar-refractivity contribution in [3.8, 4) is 11.4 Å². The number of pyridine rings is 1. The number of fused-ring (bicyclic) bond motifs is 1. The average Bonchev–Trinajstić information content (AvgIpc) is 3.59. The topological polar surface area (TPSA) is 106 Å². The van der Waals surface area contributed by atoms with E-state index in [4.69, 9.17) is 23.9 Å². The summed E-state index contributed by atoms with van der Waals surface area (Å²) in [6.45, 7) is 7.57. The van der Waals surface area contributed by atoms with Crippen molar-refractivity contribution >= 4 is 17.0 Å². The summed E-state index contributed by atoms with van der Waals surface area (Å²) >= 11 is 0. The Bertz CT molecular complexity index is 1360. The zero-order valence-corrected chi connectivity index (χ0v) is 23.9. The molecule has 10 heteroatoms. The van der Waals surface area contributed by atoms with Gasteiger partial charge in [-0.05, 0) is 56.4 Å². The molecule has 5 rings (SSSR count). The van der Waals surface area contributed by atoms with E-state index in [0.717, 1.165) is 60.6 Å². The van der Waals surface area contributed by atoms with Gasteiger partial charge < -0.3 is 28.1 Å². The quantitative estimate of drug-likeness (QED) is 0.383. The number of imidazole rings is 1. The number of nitrogens with one attached hydrogen (secondary N) is 1. The molecule has 2 fully saturated rings. The number of hydrogen-bond acceptors (Lipinski definition) is 8. The van der Waals surface area contributed by atoms with Crippen molar-refractivity contribution in [3.05, 3.63) is 51.9 Å². The molecule has 0 aliphatic carbocycles. The smallest absolute Gasteiger partial charge is 0.326 e. The van der Waals surface area contributed by atoms with Gasteiger partial charge in [-0.25, -0.2) is 4.98 Å². The van der Waals surface area contributed by atoms with E-state index in [-0.39, 0.29) is 23.7 Å². The molecule has 0 saturated carbocycles. The van der Waals surface area contributed by atoms with E-state index < -0.39 is 6.04 Å². The third-order valence-electron chi connectivity index (χ3n) is 8.01. The number of hydrogen-bond donors (Lipinski definition) is 1. The summed E-state index contributed by atoms with van der Waals surface area (Å²) in [4.78, 5) is 30.4. The molecule has 2 aromatic heterocycles. The Morgan fingerprint density at radius 2 is 1.95 bits per heavy atom. The molecule has 2 unspecified atom stereocenters. The van der Waals surface area contributed by atoms with Gasteiger partial charge in [-0.1, -0.05) is 6.07 Å². The summed E-state index contributed by atoms with van der Waals surface area (Å²) in [5, 5.41) is 3.34. The maximum absolute atomic E-state index is 12.9. The zero-order valence-electron chi connectivity index (χ0n) is 23.9. The van der Waals surface area contributed by atoms with Crippen LogP contribution in [0.15, 0.2) is 35.3 Å². The fourth-order valence-corrected chi connectivity index (χ4v) is 5.53. The predicted octanol–water partition coefficient (Wildman–Crippen LogP) is 2.96. The van der Waals surface area contributed by atoms with E-state index >= 15 is 0 Å². The fourth-order valence-electron chi connectivity index (χ4n) is 5.53. The third kappa shape index (κ3) is 6.30. The van der Waals surface area contributed by atoms with Gasteiger partial charge in [-0.2, -0.15) is 0 Å². The molecule has 0 bridgehead atoms. The molecule has 1 aromatic carbocycles. The molecule has 1 N–H and O–H groups in total. The number of aromatic nitrogens is 3. The van der Waals surface area contributed by atoms with Gasteiger partial charge in [0.1, 0.15) is 18.0 Å². The van der Waals surface area contributed by atoms with Crippen LogP contribution in [0.2, 0.25) is 0 Å². The molecular weight excluding hydrogens is 512 g/mol. The second kappa shape index (κ2) is 12.6. The number of carbonyl (C=O) groups is 1. The van der Waals surface area contributed by atoms with Gasteiger partial charge in [0.25, 0.3) is 5.56 Å². The molecule has 3 atom stereocenters. The number of methoxy groups -OCH3 is 1. The molecule has 10 nitrogen and oxygen atoms in total. The zero-order chi connectivity index (χ0) is 28.2. The summed E-state index contributed by atoms with van der Waals surface area (Å²) < 4.78 is 26.0. The Morgan fingerprint density at radius 3 is 2.65 bits per heavy atom. The van der Waals surface area contributed by atoms with Crippen LogP contribution >= 0.6 is 0 Å². The Morgan fingerprint density at radius 1 is 1.18 bits per heavy atom. The molecule has 2 saturated heterocycles. The van der Waals surface area contributed by atoms with Crippen molar-refractivity contribution in [1.29, 1.82) is 0 Å². The standard InChI is InChI=1S/C30H40N4O6/c1-19-13-23(17-33(3)29(19)35)28-32-25-14-22(5-6-26(25)34(28)16-21-7-10-38-11-8-21)15-31-27(20(2)37-4)30(36)40-24-9-12-39-18-24/h5-6,13-14,17,20-21,24,27,31H,7-12,15-16,18H2,1-4H3/t20?,24-,27?/m1/s1. The van der Waals surface area contributed by atoms with Crippen molar-refractivity contribution in [2.24, 2.45) is 13.0 Å². The van der Waals surface area contributed by atoms with Crippen LogP contribution in [0.3, 0.4) is 0 Å². The highest BCUT2D eigenvalue weighted by atomic mass is 16.6. The van der Waals surface area contributed by atoms with Crippen molar-refractivity contribution in [3.63, 3.8) is 0 Å². The lowest BCUT2D eigenvalue weighted by atomic mass is 10.00. The average molecular weight is 553 g/mol. The normalized spacial score (nSPS) is 19.6. The highest BCUT2D eigenvalue weighted by molar-refractivity contribution is 5.81. The number of aryl methyl sites for hydroxylation is 2. The fraction of sp³-hybridized carbons (Fsp3) is 0.567. The number of rotatable bonds is 10. The van der Waals surface area contributed by atoms with E-state index in [0.29, 0.717) is 37.7 Å². The van der Waals surface area contributed by atoms with Gasteiger partial charge in [0.15, 0.2) is 0 Å². The highest BCUT2D eigenvalue weighted by Gasteiger charge is 2.30. The Hall–Kier alpha value is -3.05. The van der Waals surface area contributed by atoms with Crippen LogP contribution in [0.25, 0.3) is 22.4 Å². The van der Waals surface area contributed by atoms with Gasteiger partial charge in [0.05, 0.1) is 30.4 Å². The van der Waals surface area contributed by atoms with Gasteiger partial charge in [0, 0.05) is 64.2 Å². The second-order valence-corrected chi connectivity index (χ2v) is 11.0. The summed E-state index contributed by atoms with van der Waals surface area (Å²) in [5.74, 6) is 1.00. The molecule has 40 heavy (non-hydrogen) atoms. The molecule has 0 amide bonds. The van der Waals surface area contributed by atoms with Gasteiger partial charge in [0.2, 0.25) is 0 Å². The first kappa shape index (κ1) is 28.5. The summed E-state index contributed by atoms with van der Waals surface area (Å²) in [6, 6.07) is 7.53. The Kier molecular flexibility index (Phi) is 9.00. The summed E-state index contributed by atoms with van der Waals surface area (Å²) in [6.07, 6.45) is 4.01. The number of benzene rings is 1. The van der Waals surface area contributed by atoms with Crippen molar-refractivity contribution in [1.82, 2.24) is 19.4 Å². The van der Waals surface area contributed by atoms with E-state index in [1.165, 1.54) is 0 Å². The van der Waals surface area contributed by atoms with Crippen LogP contribution in [-0.2, 0) is 43.9 Å². The van der Waals surface area contributed by atoms with Crippen LogP contribution < -0.4 is 10.9 Å². The van der Waals surface area contributed by atoms with E-state index in [1.807, 2.05) is 26.1 Å². The minimum Gasteiger partial charge on any atom is -0.459 e. The van der Waals surface area contributed by atoms with Crippen LogP contribution in [0, 0.1) is 12.8 Å². The number of nitrogens with zero attached hydrogens (tertiary/aromatic N) is 3. The van der Waals surface area contributed by atoms with Crippen molar-refractivity contribution in [2.75, 3.05) is 33.5 Å². The maximum Gasteiger partial charge on any atom is 0.326 e. The minimum absolute atomic E-state index is 0.0111. The van der Waals surface area contributed by atoms with Crippen molar-refractivity contribution in [2.45, 2.75) is 64.4 Å². The summed E-state index contributed by atoms with van der Waals surface area (Å²) in [5.41, 5.74) is 4.49. The van der Waals surface area contributed by atoms with E-state index in [9.17, 15) is 9.59 Å². The van der Waals surface area contributed by atoms with Crippen LogP contribution in [0.4, 0.5) is 0 Å². The number of esters is 1. The number of ether oxygens (including phenoxy) is 4. The van der Waals surface area contributed by atoms with E-state index in [1.54, 1.807) is 18.7 Å². The first-order valence-corrected chi connectivity index (χ1v) is 14.1. The molecular formula is C30H40N4O6. The highest BCUT2D eigenvalue weighted by Crippen LogP contribution is 2.29. The SMILES string of the molecule is COC(C)C(NCc1ccc2c(c1)nc(-c1cc(C)c(=O)n(C)c1)n2CC1CCOCC1)C(=O)O[C@@H]1CCOC1. The first-order valence-electron chi connectivity index (χ1n) is 14.1. The molecule has 2 aliphatic heterocycles. The van der Waals surface area contributed by atoms with Crippen molar-refractivity contribution < 1.29 is 23.7 Å². The lowest BCUT2D eigenvalue weighted by Crippen LogP contribution is -2.47. The van der Waals surface area contributed by atoms with Crippen LogP contribution in [0.5, 0.6) is 0 Å². The van der Waals surface area contributed by atoms with Gasteiger partial charge >= 0.3 is 5.97 Å². The lowest BCUT2D eigenvalue weighted by Gasteiger charge is -2.24. The summed E-state index contributed by atoms with van der Waals surface area (Å²) in [7, 11) is 3.36. The van der Waals surface area contributed by atoms with Crippen LogP contribution in [0.1, 0.15) is 37.3 Å². The Balaban J connectivity index is 1.42. The maximum atomic E-state index is 12.9. The largest absolute Gasteiger partial charge is 0.459 e. The predicted molar refractivity (Wildman–Crippen MR) is 151 cm³/mol. The lowest BCUT2D eigenvalue weighted by molar-refractivity contribution is -0.155. The van der Waals surface area contributed by atoms with E-state index in [2.05, 4.69) is 28.1 Å². The molecule has 0 spiro atoms. The Labute approximate surface area is 234 Å². The molecule has 3 aromatic rings. The molecule has 0 radical (unpaired) electrons. The first-order chi connectivity index (χ1) is 19.3. The monoisotopic (exact) mass is 552 g/mol. The molecule has 2 aliphatic rings. The molecule has 216 valence electrons. The van der Waals surface area contributed by atoms with Gasteiger partial charge in [-0.3, -0.25) is 14.9 Å². The third-order valence-corrected chi connectivity index (χ3v) is 8.01. The number of carbonyl (C=O) groups excluding carboxylic acids is 1.